The lowest BCUT2D eigenvalue weighted by Gasteiger charge is -2.30. The van der Waals surface area contributed by atoms with Crippen molar-refractivity contribution in [2.75, 3.05) is 13.2 Å². The summed E-state index contributed by atoms with van der Waals surface area (Å²) in [6.45, 7) is 4.73. The van der Waals surface area contributed by atoms with Crippen LogP contribution in [0.2, 0.25) is 0 Å². The first-order valence-corrected chi connectivity index (χ1v) is 6.59. The maximum absolute atomic E-state index is 12.5. The number of ketones is 1. The van der Waals surface area contributed by atoms with Crippen LogP contribution < -0.4 is 5.73 Å². The molecule has 1 aromatic rings. The third-order valence-corrected chi connectivity index (χ3v) is 3.48. The van der Waals surface area contributed by atoms with Gasteiger partial charge in [-0.1, -0.05) is 30.3 Å². The fraction of sp³-hybridized carbons (Fsp3) is 0.533. The van der Waals surface area contributed by atoms with Crippen molar-refractivity contribution in [1.82, 2.24) is 0 Å². The largest absolute Gasteiger partial charge is 0.349 e. The Balaban J connectivity index is 2.02. The van der Waals surface area contributed by atoms with Crippen molar-refractivity contribution in [2.24, 2.45) is 11.1 Å². The summed E-state index contributed by atoms with van der Waals surface area (Å²) in [6.07, 6.45) is 0.0531. The van der Waals surface area contributed by atoms with Crippen molar-refractivity contribution in [3.63, 3.8) is 0 Å². The maximum Gasteiger partial charge on any atom is 0.169 e. The van der Waals surface area contributed by atoms with Gasteiger partial charge >= 0.3 is 0 Å². The average molecular weight is 263 g/mol. The highest BCUT2D eigenvalue weighted by atomic mass is 16.7. The van der Waals surface area contributed by atoms with Crippen LogP contribution in [0.3, 0.4) is 0 Å². The van der Waals surface area contributed by atoms with Crippen molar-refractivity contribution in [2.45, 2.75) is 32.6 Å². The van der Waals surface area contributed by atoms with Gasteiger partial charge in [-0.3, -0.25) is 4.79 Å². The van der Waals surface area contributed by atoms with E-state index in [4.69, 9.17) is 15.2 Å². The van der Waals surface area contributed by atoms with Crippen molar-refractivity contribution in [3.05, 3.63) is 35.9 Å². The van der Waals surface area contributed by atoms with Gasteiger partial charge in [-0.25, -0.2) is 0 Å². The molecule has 1 aromatic carbocycles. The Morgan fingerprint density at radius 1 is 1.32 bits per heavy atom. The Morgan fingerprint density at radius 3 is 2.47 bits per heavy atom. The van der Waals surface area contributed by atoms with Gasteiger partial charge in [0.25, 0.3) is 0 Å². The molecule has 2 N–H and O–H groups in total. The normalized spacial score (nSPS) is 18.5. The van der Waals surface area contributed by atoms with Gasteiger partial charge in [-0.2, -0.15) is 0 Å². The Labute approximate surface area is 113 Å². The summed E-state index contributed by atoms with van der Waals surface area (Å²) in [4.78, 5) is 12.5. The topological polar surface area (TPSA) is 61.6 Å². The number of hydrogen-bond acceptors (Lipinski definition) is 4. The highest BCUT2D eigenvalue weighted by molar-refractivity contribution is 5.89. The first-order valence-electron chi connectivity index (χ1n) is 6.59. The SMILES string of the molecule is CC(C)(C(=O)[C@@H](N)Cc1ccccc1)C1OCCO1. The van der Waals surface area contributed by atoms with E-state index in [0.29, 0.717) is 19.6 Å². The number of hydrogen-bond donors (Lipinski definition) is 1. The van der Waals surface area contributed by atoms with E-state index in [-0.39, 0.29) is 5.78 Å². The van der Waals surface area contributed by atoms with Crippen LogP contribution >= 0.6 is 0 Å². The molecule has 0 aliphatic carbocycles. The van der Waals surface area contributed by atoms with Crippen LogP contribution in [-0.4, -0.2) is 31.3 Å². The highest BCUT2D eigenvalue weighted by Gasteiger charge is 2.42. The molecule has 0 radical (unpaired) electrons. The summed E-state index contributed by atoms with van der Waals surface area (Å²) >= 11 is 0. The minimum atomic E-state index is -0.718. The van der Waals surface area contributed by atoms with E-state index < -0.39 is 17.7 Å². The molecule has 0 bridgehead atoms. The minimum absolute atomic E-state index is 0.0248. The van der Waals surface area contributed by atoms with Gasteiger partial charge < -0.3 is 15.2 Å². The van der Waals surface area contributed by atoms with E-state index in [9.17, 15) is 4.79 Å². The third-order valence-electron chi connectivity index (χ3n) is 3.48. The van der Waals surface area contributed by atoms with E-state index >= 15 is 0 Å². The number of rotatable bonds is 5. The lowest BCUT2D eigenvalue weighted by Crippen LogP contribution is -2.47. The second-order valence-corrected chi connectivity index (χ2v) is 5.46. The average Bonchev–Trinajstić information content (AvgIpc) is 2.93. The zero-order valence-electron chi connectivity index (χ0n) is 11.5. The number of Topliss-reactive ketones (excluding diaryl/α,β-unsaturated/α-hetero) is 1. The second-order valence-electron chi connectivity index (χ2n) is 5.46. The maximum atomic E-state index is 12.5. The molecule has 1 saturated heterocycles. The highest BCUT2D eigenvalue weighted by Crippen LogP contribution is 2.29. The summed E-state index contributed by atoms with van der Waals surface area (Å²) in [7, 11) is 0. The first-order chi connectivity index (χ1) is 9.01. The van der Waals surface area contributed by atoms with Crippen LogP contribution in [0.15, 0.2) is 30.3 Å². The summed E-state index contributed by atoms with van der Waals surface area (Å²) < 4.78 is 10.9. The number of carbonyl (C=O) groups is 1. The van der Waals surface area contributed by atoms with E-state index in [1.165, 1.54) is 0 Å². The van der Waals surface area contributed by atoms with Gasteiger partial charge in [0, 0.05) is 0 Å². The molecule has 0 aromatic heterocycles. The second kappa shape index (κ2) is 5.82. The summed E-state index contributed by atoms with van der Waals surface area (Å²) in [5.41, 5.74) is 6.39. The fourth-order valence-electron chi connectivity index (χ4n) is 2.33. The zero-order valence-corrected chi connectivity index (χ0v) is 11.5. The number of benzene rings is 1. The standard InChI is InChI=1S/C15H21NO3/c1-15(2,14-18-8-9-19-14)13(17)12(16)10-11-6-4-3-5-7-11/h3-7,12,14H,8-10,16H2,1-2H3/t12-/m0/s1. The van der Waals surface area contributed by atoms with Crippen molar-refractivity contribution < 1.29 is 14.3 Å². The van der Waals surface area contributed by atoms with E-state index in [1.54, 1.807) is 0 Å². The van der Waals surface area contributed by atoms with E-state index in [1.807, 2.05) is 44.2 Å². The van der Waals surface area contributed by atoms with E-state index in [0.717, 1.165) is 5.56 Å². The lowest BCUT2D eigenvalue weighted by atomic mass is 9.82. The van der Waals surface area contributed by atoms with Crippen molar-refractivity contribution in [3.8, 4) is 0 Å². The summed E-state index contributed by atoms with van der Waals surface area (Å²) in [5, 5.41) is 0. The van der Waals surface area contributed by atoms with Gasteiger partial charge in [0.05, 0.1) is 24.7 Å². The fourth-order valence-corrected chi connectivity index (χ4v) is 2.33. The van der Waals surface area contributed by atoms with Crippen LogP contribution in [0.5, 0.6) is 0 Å². The van der Waals surface area contributed by atoms with Crippen LogP contribution in [-0.2, 0) is 20.7 Å². The lowest BCUT2D eigenvalue weighted by molar-refractivity contribution is -0.156. The third kappa shape index (κ3) is 3.21. The molecular weight excluding hydrogens is 242 g/mol. The molecule has 19 heavy (non-hydrogen) atoms. The monoisotopic (exact) mass is 263 g/mol. The molecule has 1 atom stereocenters. The van der Waals surface area contributed by atoms with Crippen LogP contribution in [0.1, 0.15) is 19.4 Å². The molecular formula is C15H21NO3. The Hall–Kier alpha value is -1.23. The molecule has 4 heteroatoms. The molecule has 0 unspecified atom stereocenters. The van der Waals surface area contributed by atoms with Gasteiger partial charge in [0.1, 0.15) is 0 Å². The molecule has 1 heterocycles. The number of ether oxygens (including phenoxy) is 2. The van der Waals surface area contributed by atoms with Gasteiger partial charge in [0.15, 0.2) is 12.1 Å². The van der Waals surface area contributed by atoms with E-state index in [2.05, 4.69) is 0 Å². The van der Waals surface area contributed by atoms with Gasteiger partial charge in [0.2, 0.25) is 0 Å². The first kappa shape index (κ1) is 14.2. The van der Waals surface area contributed by atoms with Crippen LogP contribution in [0, 0.1) is 5.41 Å². The number of carbonyl (C=O) groups excluding carboxylic acids is 1. The van der Waals surface area contributed by atoms with Crippen LogP contribution in [0.4, 0.5) is 0 Å². The predicted molar refractivity (Wildman–Crippen MR) is 72.6 cm³/mol. The zero-order chi connectivity index (χ0) is 13.9. The molecule has 0 amide bonds. The molecule has 2 rings (SSSR count). The molecule has 104 valence electrons. The molecule has 1 fully saturated rings. The van der Waals surface area contributed by atoms with Crippen molar-refractivity contribution >= 4 is 5.78 Å². The van der Waals surface area contributed by atoms with Gasteiger partial charge in [-0.05, 0) is 25.8 Å². The quantitative estimate of drug-likeness (QED) is 0.875. The molecule has 1 aliphatic heterocycles. The Morgan fingerprint density at radius 2 is 1.89 bits per heavy atom. The summed E-state index contributed by atoms with van der Waals surface area (Å²) in [5.74, 6) is -0.0248. The number of nitrogens with two attached hydrogens (primary N) is 1. The van der Waals surface area contributed by atoms with Crippen LogP contribution in [0.25, 0.3) is 0 Å². The molecule has 1 aliphatic rings. The van der Waals surface area contributed by atoms with Gasteiger partial charge in [-0.15, -0.1) is 0 Å². The molecule has 0 saturated carbocycles. The molecule has 4 nitrogen and oxygen atoms in total. The molecule has 0 spiro atoms. The smallest absolute Gasteiger partial charge is 0.169 e. The Bertz CT molecular complexity index is 424. The minimum Gasteiger partial charge on any atom is -0.349 e. The predicted octanol–water partition coefficient (Wildman–Crippen LogP) is 1.52. The summed E-state index contributed by atoms with van der Waals surface area (Å²) in [6, 6.07) is 9.25. The Kier molecular flexibility index (Phi) is 4.34. The van der Waals surface area contributed by atoms with Crippen molar-refractivity contribution in [1.29, 1.82) is 0 Å².